The van der Waals surface area contributed by atoms with E-state index in [1.165, 1.54) is 29.7 Å². The molecule has 2 fully saturated rings. The number of rotatable bonds is 5. The highest BCUT2D eigenvalue weighted by molar-refractivity contribution is 6.04. The van der Waals surface area contributed by atoms with Crippen LogP contribution in [-0.4, -0.2) is 31.1 Å². The lowest BCUT2D eigenvalue weighted by Gasteiger charge is -2.38. The number of hydrogen-bond donors (Lipinski definition) is 0. The maximum absolute atomic E-state index is 13.8. The Kier molecular flexibility index (Phi) is 5.53. The van der Waals surface area contributed by atoms with E-state index in [1.54, 1.807) is 7.11 Å². The minimum atomic E-state index is -0.152. The lowest BCUT2D eigenvalue weighted by Crippen LogP contribution is -2.47. The van der Waals surface area contributed by atoms with E-state index in [-0.39, 0.29) is 18.0 Å². The van der Waals surface area contributed by atoms with Crippen LogP contribution in [0.15, 0.2) is 60.7 Å². The highest BCUT2D eigenvalue weighted by Gasteiger charge is 2.48. The number of anilines is 2. The molecule has 3 aromatic rings. The molecule has 0 spiro atoms. The Morgan fingerprint density at radius 3 is 1.94 bits per heavy atom. The van der Waals surface area contributed by atoms with Crippen LogP contribution in [0, 0.1) is 19.8 Å². The number of benzene rings is 3. The molecule has 180 valence electrons. The van der Waals surface area contributed by atoms with Crippen LogP contribution in [0.1, 0.15) is 48.5 Å². The number of ether oxygens (including phenoxy) is 1. The third-order valence-electron chi connectivity index (χ3n) is 7.68. The summed E-state index contributed by atoms with van der Waals surface area (Å²) in [6.45, 7) is 6.37. The molecule has 0 aromatic heterocycles. The number of fused-ring (bicyclic) bond motifs is 1. The van der Waals surface area contributed by atoms with Gasteiger partial charge in [0.25, 0.3) is 0 Å². The van der Waals surface area contributed by atoms with Crippen LogP contribution >= 0.6 is 0 Å². The molecule has 0 radical (unpaired) electrons. The van der Waals surface area contributed by atoms with Crippen LogP contribution in [0.4, 0.5) is 11.4 Å². The quantitative estimate of drug-likeness (QED) is 0.444. The second-order valence-electron chi connectivity index (χ2n) is 10.1. The zero-order valence-corrected chi connectivity index (χ0v) is 20.8. The van der Waals surface area contributed by atoms with Gasteiger partial charge in [-0.05, 0) is 79.5 Å². The summed E-state index contributed by atoms with van der Waals surface area (Å²) in [6, 6.07) is 21.3. The SMILES string of the molecule is COc1ccc(-c2ccc(C3N(C(=O)C4CC4)c4c(C)ccc(C)c4N3N3CCCC3)cc2)cc1. The predicted octanol–water partition coefficient (Wildman–Crippen LogP) is 6.25. The highest BCUT2D eigenvalue weighted by Crippen LogP contribution is 2.53. The van der Waals surface area contributed by atoms with E-state index >= 15 is 0 Å². The number of aryl methyl sites for hydroxylation is 2. The zero-order valence-electron chi connectivity index (χ0n) is 20.8. The molecule has 5 nitrogen and oxygen atoms in total. The molecule has 1 aliphatic carbocycles. The Labute approximate surface area is 207 Å². The molecule has 1 unspecified atom stereocenters. The second kappa shape index (κ2) is 8.72. The summed E-state index contributed by atoms with van der Waals surface area (Å²) in [7, 11) is 1.69. The van der Waals surface area contributed by atoms with E-state index in [0.29, 0.717) is 0 Å². The standard InChI is InChI=1S/C30H33N3O2/c1-20-6-7-21(2)28-27(20)32(30(34)25-12-13-25)29(33(28)31-18-4-5-19-31)24-10-8-22(9-11-24)23-14-16-26(35-3)17-15-23/h6-11,14-17,25,29H,4-5,12-13,18-19H2,1-3H3. The van der Waals surface area contributed by atoms with E-state index in [2.05, 4.69) is 77.3 Å². The molecule has 1 saturated heterocycles. The molecule has 1 amide bonds. The van der Waals surface area contributed by atoms with Crippen molar-refractivity contribution in [3.05, 3.63) is 77.4 Å². The van der Waals surface area contributed by atoms with Gasteiger partial charge < -0.3 is 4.74 Å². The zero-order chi connectivity index (χ0) is 24.1. The van der Waals surface area contributed by atoms with Crippen LogP contribution < -0.4 is 14.6 Å². The van der Waals surface area contributed by atoms with E-state index < -0.39 is 0 Å². The van der Waals surface area contributed by atoms with Gasteiger partial charge in [-0.15, -0.1) is 0 Å². The fraction of sp³-hybridized carbons (Fsp3) is 0.367. The molecule has 2 aliphatic heterocycles. The minimum Gasteiger partial charge on any atom is -0.497 e. The third kappa shape index (κ3) is 3.79. The summed E-state index contributed by atoms with van der Waals surface area (Å²) in [5.74, 6) is 1.28. The smallest absolute Gasteiger partial charge is 0.232 e. The van der Waals surface area contributed by atoms with Crippen molar-refractivity contribution in [3.63, 3.8) is 0 Å². The van der Waals surface area contributed by atoms with Gasteiger partial charge in [0, 0.05) is 19.0 Å². The van der Waals surface area contributed by atoms with Crippen LogP contribution in [-0.2, 0) is 4.79 Å². The molecular weight excluding hydrogens is 434 g/mol. The maximum atomic E-state index is 13.8. The first kappa shape index (κ1) is 22.2. The molecular formula is C30H33N3O2. The van der Waals surface area contributed by atoms with E-state index in [4.69, 9.17) is 4.74 Å². The maximum Gasteiger partial charge on any atom is 0.232 e. The van der Waals surface area contributed by atoms with Gasteiger partial charge in [-0.3, -0.25) is 14.7 Å². The lowest BCUT2D eigenvalue weighted by atomic mass is 10.0. The van der Waals surface area contributed by atoms with E-state index in [1.807, 2.05) is 12.1 Å². The van der Waals surface area contributed by atoms with Crippen LogP contribution in [0.3, 0.4) is 0 Å². The van der Waals surface area contributed by atoms with Crippen LogP contribution in [0.25, 0.3) is 11.1 Å². The molecule has 3 aliphatic rings. The predicted molar refractivity (Wildman–Crippen MR) is 141 cm³/mol. The third-order valence-corrected chi connectivity index (χ3v) is 7.68. The fourth-order valence-electron chi connectivity index (χ4n) is 5.62. The van der Waals surface area contributed by atoms with Gasteiger partial charge >= 0.3 is 0 Å². The van der Waals surface area contributed by atoms with Crippen LogP contribution in [0.2, 0.25) is 0 Å². The molecule has 1 atom stereocenters. The Morgan fingerprint density at radius 2 is 1.37 bits per heavy atom. The van der Waals surface area contributed by atoms with Crippen molar-refractivity contribution in [3.8, 4) is 16.9 Å². The molecule has 3 aromatic carbocycles. The summed E-state index contributed by atoms with van der Waals surface area (Å²) in [4.78, 5) is 15.9. The monoisotopic (exact) mass is 467 g/mol. The van der Waals surface area contributed by atoms with Crippen molar-refractivity contribution in [2.24, 2.45) is 5.92 Å². The number of amides is 1. The van der Waals surface area contributed by atoms with Crippen molar-refractivity contribution in [2.75, 3.05) is 30.1 Å². The molecule has 1 saturated carbocycles. The van der Waals surface area contributed by atoms with Gasteiger partial charge in [-0.1, -0.05) is 48.5 Å². The molecule has 2 heterocycles. The topological polar surface area (TPSA) is 36.0 Å². The van der Waals surface area contributed by atoms with E-state index in [9.17, 15) is 4.79 Å². The largest absolute Gasteiger partial charge is 0.497 e. The first-order chi connectivity index (χ1) is 17.1. The number of methoxy groups -OCH3 is 1. The van der Waals surface area contributed by atoms with Crippen molar-refractivity contribution in [2.45, 2.75) is 45.7 Å². The first-order valence-corrected chi connectivity index (χ1v) is 12.8. The molecule has 6 rings (SSSR count). The van der Waals surface area contributed by atoms with Gasteiger partial charge in [-0.25, -0.2) is 5.01 Å². The first-order valence-electron chi connectivity index (χ1n) is 12.8. The molecule has 0 N–H and O–H groups in total. The van der Waals surface area contributed by atoms with Gasteiger partial charge in [0.05, 0.1) is 18.5 Å². The van der Waals surface area contributed by atoms with Gasteiger partial charge in [0.1, 0.15) is 11.9 Å². The summed E-state index contributed by atoms with van der Waals surface area (Å²) in [6.07, 6.45) is 4.23. The van der Waals surface area contributed by atoms with Gasteiger partial charge in [-0.2, -0.15) is 0 Å². The molecule has 5 heteroatoms. The normalized spacial score (nSPS) is 19.8. The van der Waals surface area contributed by atoms with E-state index in [0.717, 1.165) is 54.1 Å². The number of hydrazine groups is 1. The Morgan fingerprint density at radius 1 is 0.800 bits per heavy atom. The number of carbonyl (C=O) groups is 1. The Hall–Kier alpha value is -3.31. The average Bonchev–Trinajstić information content (AvgIpc) is 3.47. The van der Waals surface area contributed by atoms with Gasteiger partial charge in [0.2, 0.25) is 5.91 Å². The highest BCUT2D eigenvalue weighted by atomic mass is 16.5. The lowest BCUT2D eigenvalue weighted by molar-refractivity contribution is -0.120. The minimum absolute atomic E-state index is 0.152. The molecule has 0 bridgehead atoms. The average molecular weight is 468 g/mol. The molecule has 35 heavy (non-hydrogen) atoms. The second-order valence-corrected chi connectivity index (χ2v) is 10.1. The fourth-order valence-corrected chi connectivity index (χ4v) is 5.62. The summed E-state index contributed by atoms with van der Waals surface area (Å²) in [5, 5.41) is 4.90. The van der Waals surface area contributed by atoms with Crippen molar-refractivity contribution in [1.29, 1.82) is 0 Å². The van der Waals surface area contributed by atoms with Gasteiger partial charge in [0.15, 0.2) is 0 Å². The van der Waals surface area contributed by atoms with Crippen LogP contribution in [0.5, 0.6) is 5.75 Å². The Bertz CT molecular complexity index is 1240. The van der Waals surface area contributed by atoms with Crippen molar-refractivity contribution >= 4 is 17.3 Å². The van der Waals surface area contributed by atoms with Crippen molar-refractivity contribution < 1.29 is 9.53 Å². The Balaban J connectivity index is 1.45. The number of nitrogens with zero attached hydrogens (tertiary/aromatic N) is 3. The summed E-state index contributed by atoms with van der Waals surface area (Å²) >= 11 is 0. The van der Waals surface area contributed by atoms with Crippen molar-refractivity contribution in [1.82, 2.24) is 5.01 Å². The number of hydrogen-bond acceptors (Lipinski definition) is 4. The summed E-state index contributed by atoms with van der Waals surface area (Å²) < 4.78 is 5.31. The number of carbonyl (C=O) groups excluding carboxylic acids is 1. The summed E-state index contributed by atoms with van der Waals surface area (Å²) in [5.41, 5.74) is 8.15.